The number of carbonyl (C=O) groups excluding carboxylic acids is 2. The molecule has 0 amide bonds. The lowest BCUT2D eigenvalue weighted by Crippen LogP contribution is -2.28. The highest BCUT2D eigenvalue weighted by Crippen LogP contribution is 2.21. The van der Waals surface area contributed by atoms with Crippen molar-refractivity contribution in [2.75, 3.05) is 13.2 Å². The van der Waals surface area contributed by atoms with E-state index in [2.05, 4.69) is 62.5 Å². The van der Waals surface area contributed by atoms with Gasteiger partial charge in [-0.1, -0.05) is 441 Å². The second-order valence-corrected chi connectivity index (χ2v) is 27.8. The third-order valence-electron chi connectivity index (χ3n) is 18.9. The third kappa shape index (κ3) is 78.2. The Morgan fingerprint density at radius 2 is 0.483 bits per heavy atom. The van der Waals surface area contributed by atoms with Gasteiger partial charge in [0.15, 0.2) is 6.10 Å². The predicted molar refractivity (Wildman–Crippen MR) is 394 cm³/mol. The van der Waals surface area contributed by atoms with Gasteiger partial charge in [0.25, 0.3) is 0 Å². The molecule has 0 aromatic carbocycles. The molecule has 0 aliphatic carbocycles. The van der Waals surface area contributed by atoms with Gasteiger partial charge in [-0.2, -0.15) is 0 Å². The van der Waals surface area contributed by atoms with Gasteiger partial charge in [0, 0.05) is 12.8 Å². The molecule has 0 bridgehead atoms. The molecule has 0 saturated carbocycles. The van der Waals surface area contributed by atoms with Gasteiger partial charge in [0.1, 0.15) is 6.61 Å². The fourth-order valence-electron chi connectivity index (χ4n) is 12.9. The van der Waals surface area contributed by atoms with E-state index in [0.29, 0.717) is 12.8 Å². The summed E-state index contributed by atoms with van der Waals surface area (Å²) >= 11 is 0. The van der Waals surface area contributed by atoms with E-state index in [1.54, 1.807) is 0 Å². The van der Waals surface area contributed by atoms with Crippen LogP contribution in [0.2, 0.25) is 0 Å². The highest BCUT2D eigenvalue weighted by molar-refractivity contribution is 5.70. The molecule has 5 nitrogen and oxygen atoms in total. The molecule has 5 heteroatoms. The highest BCUT2D eigenvalue weighted by Gasteiger charge is 2.16. The lowest BCUT2D eigenvalue weighted by atomic mass is 10.0. The zero-order valence-electron chi connectivity index (χ0n) is 60.5. The van der Waals surface area contributed by atoms with E-state index in [9.17, 15) is 14.7 Å². The van der Waals surface area contributed by atoms with Crippen LogP contribution in [0.5, 0.6) is 0 Å². The van der Waals surface area contributed by atoms with Gasteiger partial charge >= 0.3 is 11.9 Å². The molecule has 1 atom stereocenters. The van der Waals surface area contributed by atoms with E-state index in [-0.39, 0.29) is 25.2 Å². The number of aliphatic hydroxyl groups is 1. The normalized spacial score (nSPS) is 12.3. The fourth-order valence-corrected chi connectivity index (χ4v) is 12.9. The van der Waals surface area contributed by atoms with E-state index in [1.807, 2.05) is 0 Å². The number of carbonyl (C=O) groups is 2. The number of unbranched alkanes of at least 4 members (excludes halogenated alkanes) is 61. The van der Waals surface area contributed by atoms with Crippen LogP contribution >= 0.6 is 0 Å². The van der Waals surface area contributed by atoms with Crippen molar-refractivity contribution in [3.8, 4) is 0 Å². The number of aliphatic hydroxyl groups excluding tert-OH is 1. The first kappa shape index (κ1) is 86.9. The van der Waals surface area contributed by atoms with Crippen molar-refractivity contribution < 1.29 is 24.2 Å². The summed E-state index contributed by atoms with van der Waals surface area (Å²) in [7, 11) is 0. The van der Waals surface area contributed by atoms with Gasteiger partial charge in [0.05, 0.1) is 6.61 Å². The topological polar surface area (TPSA) is 72.8 Å². The Kier molecular flexibility index (Phi) is 78.2. The van der Waals surface area contributed by atoms with Crippen LogP contribution in [0.4, 0.5) is 0 Å². The van der Waals surface area contributed by atoms with Crippen LogP contribution in [0.3, 0.4) is 0 Å². The summed E-state index contributed by atoms with van der Waals surface area (Å²) in [6.07, 6.45) is 109. The smallest absolute Gasteiger partial charge is 0.306 e. The van der Waals surface area contributed by atoms with Crippen LogP contribution in [-0.4, -0.2) is 36.4 Å². The van der Waals surface area contributed by atoms with E-state index in [0.717, 1.165) is 57.8 Å². The minimum Gasteiger partial charge on any atom is -0.462 e. The monoisotopic (exact) mass is 1250 g/mol. The first-order valence-electron chi connectivity index (χ1n) is 40.7. The van der Waals surface area contributed by atoms with E-state index in [4.69, 9.17) is 9.47 Å². The lowest BCUT2D eigenvalue weighted by molar-refractivity contribution is -0.161. The molecule has 0 rings (SSSR count). The first-order chi connectivity index (χ1) is 44.1. The predicted octanol–water partition coefficient (Wildman–Crippen LogP) is 28.6. The molecule has 0 aromatic rings. The second-order valence-electron chi connectivity index (χ2n) is 27.8. The van der Waals surface area contributed by atoms with Crippen molar-refractivity contribution in [3.63, 3.8) is 0 Å². The van der Waals surface area contributed by atoms with Crippen molar-refractivity contribution in [2.45, 2.75) is 463 Å². The van der Waals surface area contributed by atoms with Crippen LogP contribution in [-0.2, 0) is 19.1 Å². The van der Waals surface area contributed by atoms with Crippen molar-refractivity contribution in [1.82, 2.24) is 0 Å². The molecule has 0 aliphatic heterocycles. The molecule has 0 saturated heterocycles. The molecule has 1 N–H and O–H groups in total. The van der Waals surface area contributed by atoms with Crippen molar-refractivity contribution >= 4 is 11.9 Å². The molecule has 0 spiro atoms. The summed E-state index contributed by atoms with van der Waals surface area (Å²) in [4.78, 5) is 24.7. The van der Waals surface area contributed by atoms with Gasteiger partial charge in [-0.25, -0.2) is 0 Å². The molecule has 0 fully saturated rings. The maximum atomic E-state index is 12.4. The molecule has 0 radical (unpaired) electrons. The standard InChI is InChI=1S/C84H158O5/c1-3-5-7-9-11-13-15-17-19-21-23-25-27-29-31-33-35-37-39-41-43-44-46-48-50-52-54-56-58-60-62-64-66-68-70-72-74-76-78-83(86)88-81-82(80-85)89-84(87)79-77-75-73-71-69-67-65-63-61-59-57-55-53-51-49-47-45-42-40-38-36-34-32-30-28-26-24-22-20-18-16-14-12-10-8-6-4-2/h6,8,12,14,18,20,24,26,82,85H,3-5,7,9-11,13,15-17,19,21-23,25,27-81H2,1-2H3/b8-6-,14-12-,20-18-,26-24-. The van der Waals surface area contributed by atoms with Gasteiger partial charge in [0.2, 0.25) is 0 Å². The summed E-state index contributed by atoms with van der Waals surface area (Å²) in [6, 6.07) is 0. The summed E-state index contributed by atoms with van der Waals surface area (Å²) in [5, 5.41) is 9.73. The number of rotatable bonds is 77. The molecule has 524 valence electrons. The Hall–Kier alpha value is -2.14. The molecule has 1 unspecified atom stereocenters. The summed E-state index contributed by atoms with van der Waals surface area (Å²) in [5.41, 5.74) is 0. The van der Waals surface area contributed by atoms with Gasteiger partial charge < -0.3 is 14.6 Å². The number of hydrogen-bond donors (Lipinski definition) is 1. The van der Waals surface area contributed by atoms with Crippen molar-refractivity contribution in [2.24, 2.45) is 0 Å². The maximum Gasteiger partial charge on any atom is 0.306 e. The minimum absolute atomic E-state index is 0.0582. The summed E-state index contributed by atoms with van der Waals surface area (Å²) in [5.74, 6) is -0.561. The fraction of sp³-hybridized carbons (Fsp3) is 0.881. The SMILES string of the molecule is CC/C=C\C/C=C\C/C=C\C/C=C\CCCCCCCCCCCCCCCCCCCCCCCCCCC(=O)OC(CO)COC(=O)CCCCCCCCCCCCCCCCCCCCCCCCCCCCCCCCCCCCCCCC. The maximum absolute atomic E-state index is 12.4. The van der Waals surface area contributed by atoms with Crippen LogP contribution in [0, 0.1) is 0 Å². The van der Waals surface area contributed by atoms with Gasteiger partial charge in [-0.3, -0.25) is 9.59 Å². The number of ether oxygens (including phenoxy) is 2. The number of hydrogen-bond acceptors (Lipinski definition) is 5. The average molecular weight is 1250 g/mol. The summed E-state index contributed by atoms with van der Waals surface area (Å²) in [6.45, 7) is 4.10. The largest absolute Gasteiger partial charge is 0.462 e. The van der Waals surface area contributed by atoms with Crippen molar-refractivity contribution in [3.05, 3.63) is 48.6 Å². The Labute approximate surface area is 558 Å². The van der Waals surface area contributed by atoms with E-state index >= 15 is 0 Å². The molecule has 0 aromatic heterocycles. The van der Waals surface area contributed by atoms with E-state index < -0.39 is 6.10 Å². The third-order valence-corrected chi connectivity index (χ3v) is 18.9. The van der Waals surface area contributed by atoms with Crippen LogP contribution < -0.4 is 0 Å². The molecule has 0 aliphatic rings. The van der Waals surface area contributed by atoms with Gasteiger partial charge in [-0.05, 0) is 51.4 Å². The molecular weight excluding hydrogens is 1090 g/mol. The lowest BCUT2D eigenvalue weighted by Gasteiger charge is -2.15. The number of esters is 2. The Bertz CT molecular complexity index is 1460. The van der Waals surface area contributed by atoms with Crippen LogP contribution in [0.1, 0.15) is 457 Å². The first-order valence-corrected chi connectivity index (χ1v) is 40.7. The highest BCUT2D eigenvalue weighted by atomic mass is 16.6. The molecule has 0 heterocycles. The average Bonchev–Trinajstić information content (AvgIpc) is 3.55. The summed E-state index contributed by atoms with van der Waals surface area (Å²) < 4.78 is 10.8. The molecule has 89 heavy (non-hydrogen) atoms. The minimum atomic E-state index is -0.770. The van der Waals surface area contributed by atoms with Crippen LogP contribution in [0.15, 0.2) is 48.6 Å². The Morgan fingerprint density at radius 1 is 0.270 bits per heavy atom. The quantitative estimate of drug-likeness (QED) is 0.0373. The second kappa shape index (κ2) is 80.1. The van der Waals surface area contributed by atoms with E-state index in [1.165, 1.54) is 372 Å². The Balaban J connectivity index is 3.35. The van der Waals surface area contributed by atoms with Crippen LogP contribution in [0.25, 0.3) is 0 Å². The Morgan fingerprint density at radius 3 is 0.730 bits per heavy atom. The van der Waals surface area contributed by atoms with Crippen molar-refractivity contribution in [1.29, 1.82) is 0 Å². The zero-order valence-corrected chi connectivity index (χ0v) is 60.5. The number of allylic oxidation sites excluding steroid dienone is 8. The molecular formula is C84H158O5. The zero-order chi connectivity index (χ0) is 64.0. The van der Waals surface area contributed by atoms with Gasteiger partial charge in [-0.15, -0.1) is 0 Å².